The minimum atomic E-state index is -1.76. The molecule has 0 aliphatic rings. The topological polar surface area (TPSA) is 42.3 Å². The van der Waals surface area contributed by atoms with Crippen molar-refractivity contribution >= 4 is 20.3 Å². The van der Waals surface area contributed by atoms with Gasteiger partial charge in [-0.3, -0.25) is 0 Å². The van der Waals surface area contributed by atoms with Gasteiger partial charge in [0.15, 0.2) is 11.5 Å². The van der Waals surface area contributed by atoms with Crippen LogP contribution in [0.2, 0.25) is 0 Å². The van der Waals surface area contributed by atoms with E-state index in [1.54, 1.807) is 36.4 Å². The fourth-order valence-corrected chi connectivity index (χ4v) is 2.20. The highest BCUT2D eigenvalue weighted by atomic mass is 31.1. The fourth-order valence-electron chi connectivity index (χ4n) is 1.54. The minimum absolute atomic E-state index is 0.611. The average Bonchev–Trinajstić information content (AvgIpc) is 2.49. The van der Waals surface area contributed by atoms with E-state index < -0.39 is 8.17 Å². The van der Waals surface area contributed by atoms with Crippen molar-refractivity contribution in [2.75, 3.05) is 0 Å². The smallest absolute Gasteiger partial charge is 0.236 e. The number of nitrogens with one attached hydrogen (secondary N) is 1. The molecule has 0 unspecified atom stereocenters. The molecule has 0 aromatic heterocycles. The Balaban J connectivity index is 1.96. The largest absolute Gasteiger partial charge is 0.664 e. The Labute approximate surface area is 119 Å². The lowest BCUT2D eigenvalue weighted by molar-refractivity contribution is 0.499. The van der Waals surface area contributed by atoms with Crippen LogP contribution < -0.4 is 9.05 Å². The number of rotatable bonds is 6. The third kappa shape index (κ3) is 3.81. The lowest BCUT2D eigenvalue weighted by Crippen LogP contribution is -1.88. The molecule has 0 radical (unpaired) electrons. The Morgan fingerprint density at radius 2 is 1.10 bits per heavy atom. The molecule has 100 valence electrons. The van der Waals surface area contributed by atoms with Crippen LogP contribution in [0.1, 0.15) is 11.1 Å². The summed E-state index contributed by atoms with van der Waals surface area (Å²) in [7, 11) is -1.76. The summed E-state index contributed by atoms with van der Waals surface area (Å²) >= 11 is 0. The maximum atomic E-state index is 7.82. The predicted octanol–water partition coefficient (Wildman–Crippen LogP) is 5.50. The number of hydrogen-bond acceptors (Lipinski definition) is 3. The van der Waals surface area contributed by atoms with Crippen molar-refractivity contribution in [1.29, 1.82) is 5.16 Å². The summed E-state index contributed by atoms with van der Waals surface area (Å²) in [5.41, 5.74) is 2.01. The summed E-state index contributed by atoms with van der Waals surface area (Å²) in [6.07, 6.45) is 3.51. The Morgan fingerprint density at radius 1 is 0.750 bits per heavy atom. The first-order valence-corrected chi connectivity index (χ1v) is 7.21. The van der Waals surface area contributed by atoms with Crippen LogP contribution >= 0.6 is 8.17 Å². The molecule has 0 bridgehead atoms. The van der Waals surface area contributed by atoms with Crippen LogP contribution in [-0.4, -0.2) is 0 Å². The van der Waals surface area contributed by atoms with Crippen LogP contribution in [0.4, 0.5) is 0 Å². The van der Waals surface area contributed by atoms with Gasteiger partial charge in [0.1, 0.15) is 0 Å². The Kier molecular flexibility index (Phi) is 4.70. The highest BCUT2D eigenvalue weighted by molar-refractivity contribution is 7.35. The summed E-state index contributed by atoms with van der Waals surface area (Å²) in [6, 6.07) is 14.7. The standard InChI is InChI=1S/C16H15NO2P/c1-3-13-5-9-15(10-6-13)18-20(17)19-16-11-7-14(4-2)8-12-16/h3-12,17H,1-2H2/q+1. The Hall–Kier alpha value is -2.38. The number of hydrogen-bond donors (Lipinski definition) is 1. The van der Waals surface area contributed by atoms with Crippen LogP contribution in [0.3, 0.4) is 0 Å². The molecule has 0 heterocycles. The lowest BCUT2D eigenvalue weighted by Gasteiger charge is -1.98. The second-order valence-electron chi connectivity index (χ2n) is 3.99. The van der Waals surface area contributed by atoms with Gasteiger partial charge >= 0.3 is 8.17 Å². The first kappa shape index (κ1) is 14.0. The van der Waals surface area contributed by atoms with Gasteiger partial charge in [-0.1, -0.05) is 49.6 Å². The molecule has 0 atom stereocenters. The Morgan fingerprint density at radius 3 is 1.40 bits per heavy atom. The first-order valence-electron chi connectivity index (χ1n) is 6.03. The van der Waals surface area contributed by atoms with Gasteiger partial charge in [0.05, 0.1) is 0 Å². The third-order valence-corrected chi connectivity index (χ3v) is 3.36. The zero-order chi connectivity index (χ0) is 14.4. The van der Waals surface area contributed by atoms with Crippen molar-refractivity contribution < 1.29 is 9.05 Å². The monoisotopic (exact) mass is 284 g/mol. The van der Waals surface area contributed by atoms with E-state index >= 15 is 0 Å². The highest BCUT2D eigenvalue weighted by Gasteiger charge is 2.17. The zero-order valence-electron chi connectivity index (χ0n) is 11.0. The van der Waals surface area contributed by atoms with Crippen LogP contribution in [0.25, 0.3) is 12.2 Å². The fraction of sp³-hybridized carbons (Fsp3) is 0. The molecular formula is C16H15NO2P+. The molecule has 1 N–H and O–H groups in total. The predicted molar refractivity (Wildman–Crippen MR) is 84.0 cm³/mol. The van der Waals surface area contributed by atoms with Crippen LogP contribution in [0.15, 0.2) is 61.7 Å². The number of benzene rings is 2. The minimum Gasteiger partial charge on any atom is -0.236 e. The van der Waals surface area contributed by atoms with Crippen molar-refractivity contribution in [2.45, 2.75) is 0 Å². The van der Waals surface area contributed by atoms with Crippen molar-refractivity contribution in [1.82, 2.24) is 0 Å². The van der Waals surface area contributed by atoms with Gasteiger partial charge in [0, 0.05) is 0 Å². The van der Waals surface area contributed by atoms with E-state index in [1.807, 2.05) is 24.3 Å². The summed E-state index contributed by atoms with van der Waals surface area (Å²) in [5.74, 6) is 1.22. The molecule has 0 fully saturated rings. The molecule has 2 aromatic rings. The summed E-state index contributed by atoms with van der Waals surface area (Å²) in [5, 5.41) is 7.82. The van der Waals surface area contributed by atoms with E-state index in [2.05, 4.69) is 13.2 Å². The maximum Gasteiger partial charge on any atom is 0.664 e. The van der Waals surface area contributed by atoms with Gasteiger partial charge < -0.3 is 0 Å². The highest BCUT2D eigenvalue weighted by Crippen LogP contribution is 2.31. The van der Waals surface area contributed by atoms with Crippen molar-refractivity contribution in [3.05, 3.63) is 72.8 Å². The first-order chi connectivity index (χ1) is 9.71. The summed E-state index contributed by atoms with van der Waals surface area (Å²) in [6.45, 7) is 7.37. The van der Waals surface area contributed by atoms with E-state index in [-0.39, 0.29) is 0 Å². The second kappa shape index (κ2) is 6.69. The molecule has 0 saturated carbocycles. The SMILES string of the molecule is C=Cc1ccc(O[P+](=N)Oc2ccc(C=C)cc2)cc1. The third-order valence-electron chi connectivity index (χ3n) is 2.61. The van der Waals surface area contributed by atoms with Crippen LogP contribution in [0.5, 0.6) is 11.5 Å². The molecule has 20 heavy (non-hydrogen) atoms. The van der Waals surface area contributed by atoms with Gasteiger partial charge in [-0.25, -0.2) is 9.05 Å². The van der Waals surface area contributed by atoms with Gasteiger partial charge in [0.2, 0.25) is 0 Å². The zero-order valence-corrected chi connectivity index (χ0v) is 11.8. The maximum absolute atomic E-state index is 7.82. The molecular weight excluding hydrogens is 269 g/mol. The Bertz CT molecular complexity index is 562. The van der Waals surface area contributed by atoms with E-state index in [0.717, 1.165) is 11.1 Å². The molecule has 2 aromatic carbocycles. The van der Waals surface area contributed by atoms with E-state index in [0.29, 0.717) is 11.5 Å². The van der Waals surface area contributed by atoms with E-state index in [4.69, 9.17) is 14.2 Å². The van der Waals surface area contributed by atoms with Crippen LogP contribution in [-0.2, 0) is 0 Å². The van der Waals surface area contributed by atoms with Crippen molar-refractivity contribution in [3.63, 3.8) is 0 Å². The molecule has 3 nitrogen and oxygen atoms in total. The molecule has 0 amide bonds. The summed E-state index contributed by atoms with van der Waals surface area (Å²) in [4.78, 5) is 0. The normalized spacial score (nSPS) is 9.60. The molecule has 2 rings (SSSR count). The second-order valence-corrected chi connectivity index (χ2v) is 4.87. The van der Waals surface area contributed by atoms with Gasteiger partial charge in [0.25, 0.3) is 0 Å². The van der Waals surface area contributed by atoms with Gasteiger partial charge in [-0.15, -0.1) is 0 Å². The molecule has 4 heteroatoms. The molecule has 0 aliphatic heterocycles. The van der Waals surface area contributed by atoms with Crippen molar-refractivity contribution in [3.8, 4) is 11.5 Å². The van der Waals surface area contributed by atoms with E-state index in [1.165, 1.54) is 0 Å². The van der Waals surface area contributed by atoms with Gasteiger partial charge in [-0.05, 0) is 40.6 Å². The van der Waals surface area contributed by atoms with Gasteiger partial charge in [-0.2, -0.15) is 0 Å². The molecule has 0 saturated heterocycles. The van der Waals surface area contributed by atoms with Crippen molar-refractivity contribution in [2.24, 2.45) is 0 Å². The average molecular weight is 284 g/mol. The lowest BCUT2D eigenvalue weighted by atomic mass is 10.2. The quantitative estimate of drug-likeness (QED) is 0.711. The molecule has 0 spiro atoms. The summed E-state index contributed by atoms with van der Waals surface area (Å²) < 4.78 is 10.9. The molecule has 0 aliphatic carbocycles. The van der Waals surface area contributed by atoms with E-state index in [9.17, 15) is 0 Å². The van der Waals surface area contributed by atoms with Crippen LogP contribution in [0, 0.1) is 5.16 Å².